The monoisotopic (exact) mass is 309 g/mol. The van der Waals surface area contributed by atoms with E-state index in [1.165, 1.54) is 7.11 Å². The van der Waals surface area contributed by atoms with Gasteiger partial charge in [-0.15, -0.1) is 0 Å². The SMILES string of the molecule is CCC(C)NC(=O)NCc1ccc(OCC(N)=O)c(OC)c1. The van der Waals surface area contributed by atoms with Crippen LogP contribution in [0.2, 0.25) is 0 Å². The van der Waals surface area contributed by atoms with Gasteiger partial charge in [0, 0.05) is 12.6 Å². The second kappa shape index (κ2) is 8.76. The van der Waals surface area contributed by atoms with E-state index < -0.39 is 5.91 Å². The molecule has 0 saturated heterocycles. The summed E-state index contributed by atoms with van der Waals surface area (Å²) in [4.78, 5) is 22.4. The maximum atomic E-state index is 11.7. The summed E-state index contributed by atoms with van der Waals surface area (Å²) in [5.41, 5.74) is 5.88. The molecule has 122 valence electrons. The van der Waals surface area contributed by atoms with Crippen LogP contribution >= 0.6 is 0 Å². The lowest BCUT2D eigenvalue weighted by Crippen LogP contribution is -2.40. The molecule has 0 fully saturated rings. The molecule has 0 aliphatic rings. The smallest absolute Gasteiger partial charge is 0.315 e. The Balaban J connectivity index is 2.61. The number of carbonyl (C=O) groups excluding carboxylic acids is 2. The highest BCUT2D eigenvalue weighted by Gasteiger charge is 2.09. The van der Waals surface area contributed by atoms with E-state index in [2.05, 4.69) is 10.6 Å². The molecule has 0 heterocycles. The van der Waals surface area contributed by atoms with Crippen LogP contribution in [-0.4, -0.2) is 31.7 Å². The normalized spacial score (nSPS) is 11.4. The minimum atomic E-state index is -0.561. The number of nitrogens with two attached hydrogens (primary N) is 1. The highest BCUT2D eigenvalue weighted by molar-refractivity contribution is 5.75. The Morgan fingerprint density at radius 2 is 2.05 bits per heavy atom. The predicted octanol–water partition coefficient (Wildman–Crippen LogP) is 1.16. The van der Waals surface area contributed by atoms with E-state index in [9.17, 15) is 9.59 Å². The molecular formula is C15H23N3O4. The number of nitrogens with one attached hydrogen (secondary N) is 2. The van der Waals surface area contributed by atoms with Gasteiger partial charge in [-0.25, -0.2) is 4.79 Å². The quantitative estimate of drug-likeness (QED) is 0.670. The minimum absolute atomic E-state index is 0.124. The lowest BCUT2D eigenvalue weighted by atomic mass is 10.2. The third-order valence-corrected chi connectivity index (χ3v) is 3.04. The van der Waals surface area contributed by atoms with E-state index >= 15 is 0 Å². The first-order chi connectivity index (χ1) is 10.5. The summed E-state index contributed by atoms with van der Waals surface area (Å²) in [5, 5.41) is 5.58. The maximum absolute atomic E-state index is 11.7. The van der Waals surface area contributed by atoms with Gasteiger partial charge in [-0.1, -0.05) is 13.0 Å². The minimum Gasteiger partial charge on any atom is -0.493 e. The number of carbonyl (C=O) groups is 2. The van der Waals surface area contributed by atoms with Crippen LogP contribution in [-0.2, 0) is 11.3 Å². The molecule has 0 radical (unpaired) electrons. The number of methoxy groups -OCH3 is 1. The van der Waals surface area contributed by atoms with Crippen molar-refractivity contribution in [1.29, 1.82) is 0 Å². The lowest BCUT2D eigenvalue weighted by molar-refractivity contribution is -0.119. The standard InChI is InChI=1S/C15H23N3O4/c1-4-10(2)18-15(20)17-8-11-5-6-12(13(7-11)21-3)22-9-14(16)19/h5-7,10H,4,8-9H2,1-3H3,(H2,16,19)(H2,17,18,20). The van der Waals surface area contributed by atoms with Gasteiger partial charge in [-0.05, 0) is 31.0 Å². The van der Waals surface area contributed by atoms with E-state index in [4.69, 9.17) is 15.2 Å². The van der Waals surface area contributed by atoms with E-state index in [0.717, 1.165) is 12.0 Å². The van der Waals surface area contributed by atoms with Gasteiger partial charge in [0.25, 0.3) is 5.91 Å². The van der Waals surface area contributed by atoms with Gasteiger partial charge >= 0.3 is 6.03 Å². The number of urea groups is 1. The fourth-order valence-corrected chi connectivity index (χ4v) is 1.65. The van der Waals surface area contributed by atoms with Crippen LogP contribution in [0.25, 0.3) is 0 Å². The van der Waals surface area contributed by atoms with E-state index in [0.29, 0.717) is 18.0 Å². The number of amides is 3. The largest absolute Gasteiger partial charge is 0.493 e. The van der Waals surface area contributed by atoms with Crippen molar-refractivity contribution in [3.8, 4) is 11.5 Å². The molecular weight excluding hydrogens is 286 g/mol. The Labute approximate surface area is 130 Å². The summed E-state index contributed by atoms with van der Waals surface area (Å²) < 4.78 is 10.4. The van der Waals surface area contributed by atoms with E-state index in [-0.39, 0.29) is 18.7 Å². The zero-order chi connectivity index (χ0) is 16.5. The fraction of sp³-hybridized carbons (Fsp3) is 0.467. The van der Waals surface area contributed by atoms with Gasteiger partial charge in [0.1, 0.15) is 0 Å². The molecule has 1 unspecified atom stereocenters. The third kappa shape index (κ3) is 5.90. The number of benzene rings is 1. The molecule has 3 amide bonds. The first kappa shape index (κ1) is 17.6. The van der Waals surface area contributed by atoms with Gasteiger partial charge in [-0.2, -0.15) is 0 Å². The fourth-order valence-electron chi connectivity index (χ4n) is 1.65. The predicted molar refractivity (Wildman–Crippen MR) is 82.8 cm³/mol. The van der Waals surface area contributed by atoms with E-state index in [1.807, 2.05) is 13.8 Å². The summed E-state index contributed by atoms with van der Waals surface area (Å²) in [7, 11) is 1.50. The summed E-state index contributed by atoms with van der Waals surface area (Å²) in [6.45, 7) is 4.08. The number of ether oxygens (including phenoxy) is 2. The molecule has 4 N–H and O–H groups in total. The van der Waals surface area contributed by atoms with Crippen LogP contribution in [0.15, 0.2) is 18.2 Å². The maximum Gasteiger partial charge on any atom is 0.315 e. The van der Waals surface area contributed by atoms with Crippen LogP contribution < -0.4 is 25.8 Å². The molecule has 1 aromatic rings. The van der Waals surface area contributed by atoms with Crippen LogP contribution in [0.4, 0.5) is 4.79 Å². The van der Waals surface area contributed by atoms with Crippen LogP contribution in [0.3, 0.4) is 0 Å². The molecule has 1 atom stereocenters. The van der Waals surface area contributed by atoms with Crippen LogP contribution in [0, 0.1) is 0 Å². The van der Waals surface area contributed by atoms with Crippen molar-refractivity contribution in [3.05, 3.63) is 23.8 Å². The number of hydrogen-bond donors (Lipinski definition) is 3. The summed E-state index contributed by atoms with van der Waals surface area (Å²) in [6.07, 6.45) is 0.868. The molecule has 0 saturated carbocycles. The average Bonchev–Trinajstić information content (AvgIpc) is 2.50. The summed E-state index contributed by atoms with van der Waals surface area (Å²) in [5.74, 6) is 0.339. The first-order valence-electron chi connectivity index (χ1n) is 7.08. The van der Waals surface area contributed by atoms with Gasteiger partial charge in [-0.3, -0.25) is 4.79 Å². The molecule has 1 aromatic carbocycles. The zero-order valence-electron chi connectivity index (χ0n) is 13.1. The zero-order valence-corrected chi connectivity index (χ0v) is 13.1. The second-order valence-corrected chi connectivity index (χ2v) is 4.88. The number of primary amides is 1. The molecule has 22 heavy (non-hydrogen) atoms. The molecule has 0 aromatic heterocycles. The van der Waals surface area contributed by atoms with Crippen molar-refractivity contribution >= 4 is 11.9 Å². The molecule has 0 aliphatic carbocycles. The molecule has 7 heteroatoms. The first-order valence-corrected chi connectivity index (χ1v) is 7.08. The Morgan fingerprint density at radius 1 is 1.32 bits per heavy atom. The average molecular weight is 309 g/mol. The summed E-state index contributed by atoms with van der Waals surface area (Å²) >= 11 is 0. The van der Waals surface area contributed by atoms with Crippen molar-refractivity contribution in [2.24, 2.45) is 5.73 Å². The molecule has 1 rings (SSSR count). The Kier molecular flexibility index (Phi) is 7.01. The highest BCUT2D eigenvalue weighted by atomic mass is 16.5. The van der Waals surface area contributed by atoms with E-state index in [1.54, 1.807) is 18.2 Å². The topological polar surface area (TPSA) is 103 Å². The number of hydrogen-bond acceptors (Lipinski definition) is 4. The molecule has 7 nitrogen and oxygen atoms in total. The van der Waals surface area contributed by atoms with Crippen LogP contribution in [0.1, 0.15) is 25.8 Å². The molecule has 0 bridgehead atoms. The van der Waals surface area contributed by atoms with Crippen molar-refractivity contribution in [2.45, 2.75) is 32.9 Å². The van der Waals surface area contributed by atoms with Gasteiger partial charge < -0.3 is 25.8 Å². The van der Waals surface area contributed by atoms with Crippen molar-refractivity contribution in [3.63, 3.8) is 0 Å². The van der Waals surface area contributed by atoms with Gasteiger partial charge in [0.2, 0.25) is 0 Å². The third-order valence-electron chi connectivity index (χ3n) is 3.04. The number of rotatable bonds is 8. The van der Waals surface area contributed by atoms with Crippen molar-refractivity contribution < 1.29 is 19.1 Å². The molecule has 0 spiro atoms. The Morgan fingerprint density at radius 3 is 2.64 bits per heavy atom. The van der Waals surface area contributed by atoms with Crippen molar-refractivity contribution in [1.82, 2.24) is 10.6 Å². The van der Waals surface area contributed by atoms with Crippen LogP contribution in [0.5, 0.6) is 11.5 Å². The van der Waals surface area contributed by atoms with Gasteiger partial charge in [0.15, 0.2) is 18.1 Å². The lowest BCUT2D eigenvalue weighted by Gasteiger charge is -2.14. The summed E-state index contributed by atoms with van der Waals surface area (Å²) in [6, 6.07) is 5.09. The second-order valence-electron chi connectivity index (χ2n) is 4.88. The molecule has 0 aliphatic heterocycles. The van der Waals surface area contributed by atoms with Gasteiger partial charge in [0.05, 0.1) is 7.11 Å². The highest BCUT2D eigenvalue weighted by Crippen LogP contribution is 2.27. The Hall–Kier alpha value is -2.44. The Bertz CT molecular complexity index is 520. The van der Waals surface area contributed by atoms with Crippen molar-refractivity contribution in [2.75, 3.05) is 13.7 Å².